The largest absolute Gasteiger partial charge is 1.00 e. The Bertz CT molecular complexity index is 92.7. The molecule has 0 saturated carbocycles. The molecule has 0 amide bonds. The third-order valence-electron chi connectivity index (χ3n) is 1.32. The topological polar surface area (TPSA) is 36.9 Å². The Morgan fingerprint density at radius 2 is 1.29 bits per heavy atom. The van der Waals surface area contributed by atoms with Crippen molar-refractivity contribution in [1.82, 2.24) is 0 Å². The summed E-state index contributed by atoms with van der Waals surface area (Å²) in [5.41, 5.74) is 0. The number of rotatable bonds is 10. The maximum atomic E-state index is 5.25. The Kier molecular flexibility index (Phi) is 21.3. The van der Waals surface area contributed by atoms with E-state index < -0.39 is 15.9 Å². The van der Waals surface area contributed by atoms with E-state index in [1.54, 1.807) is 0 Å². The van der Waals surface area contributed by atoms with E-state index in [1.807, 2.05) is 13.8 Å². The molecule has 80 valence electrons. The first-order valence-electron chi connectivity index (χ1n) is 4.72. The van der Waals surface area contributed by atoms with Gasteiger partial charge in [-0.05, 0) is 13.8 Å². The van der Waals surface area contributed by atoms with E-state index >= 15 is 0 Å². The molecule has 0 aliphatic rings. The van der Waals surface area contributed by atoms with Crippen LogP contribution in [0.15, 0.2) is 0 Å². The second-order valence-corrected chi connectivity index (χ2v) is 3.38. The van der Waals surface area contributed by atoms with E-state index in [0.717, 1.165) is 13.2 Å². The molecule has 0 fully saturated rings. The summed E-state index contributed by atoms with van der Waals surface area (Å²) in [7, 11) is 0. The molecule has 0 rings (SSSR count). The average molecular weight is 230 g/mol. The summed E-state index contributed by atoms with van der Waals surface area (Å²) in [5, 5.41) is 0. The fourth-order valence-electron chi connectivity index (χ4n) is 0.701. The van der Waals surface area contributed by atoms with Gasteiger partial charge in [0, 0.05) is 26.4 Å². The van der Waals surface area contributed by atoms with E-state index in [1.165, 1.54) is 0 Å². The molecule has 0 atom stereocenters. The van der Waals surface area contributed by atoms with Crippen LogP contribution in [0.4, 0.5) is 0 Å². The normalized spacial score (nSPS) is 9.57. The van der Waals surface area contributed by atoms with E-state index in [0.29, 0.717) is 26.4 Å². The van der Waals surface area contributed by atoms with Gasteiger partial charge in [-0.3, -0.25) is 0 Å². The van der Waals surface area contributed by atoms with Gasteiger partial charge in [0.1, 0.15) is 0 Å². The fraction of sp³-hybridized carbons (Fsp3) is 1.00. The molecule has 0 radical (unpaired) electrons. The molecular formula is C8H20AlNaO4. The Morgan fingerprint density at radius 3 is 1.64 bits per heavy atom. The summed E-state index contributed by atoms with van der Waals surface area (Å²) in [5.74, 6) is 0. The predicted octanol–water partition coefficient (Wildman–Crippen LogP) is -2.52. The molecule has 0 heterocycles. The van der Waals surface area contributed by atoms with Crippen LogP contribution in [-0.4, -0.2) is 55.5 Å². The van der Waals surface area contributed by atoms with Crippen molar-refractivity contribution in [2.45, 2.75) is 13.8 Å². The monoisotopic (exact) mass is 230 g/mol. The molecule has 0 aromatic heterocycles. The molecule has 0 saturated heterocycles. The van der Waals surface area contributed by atoms with Crippen molar-refractivity contribution in [2.24, 2.45) is 0 Å². The molecule has 0 spiro atoms. The van der Waals surface area contributed by atoms with Crippen molar-refractivity contribution >= 4 is 15.9 Å². The van der Waals surface area contributed by atoms with E-state index in [2.05, 4.69) is 0 Å². The minimum Gasteiger partial charge on any atom is -1.00 e. The maximum Gasteiger partial charge on any atom is 1.00 e. The first kappa shape index (κ1) is 17.8. The molecule has 4 nitrogen and oxygen atoms in total. The molecule has 0 bridgehead atoms. The van der Waals surface area contributed by atoms with Gasteiger partial charge >= 0.3 is 45.4 Å². The van der Waals surface area contributed by atoms with Gasteiger partial charge in [-0.1, -0.05) is 0 Å². The Balaban J connectivity index is -0.000000720. The molecule has 0 aliphatic heterocycles. The van der Waals surface area contributed by atoms with Gasteiger partial charge in [0.2, 0.25) is 0 Å². The second kappa shape index (κ2) is 16.8. The zero-order valence-electron chi connectivity index (χ0n) is 10.6. The Hall–Kier alpha value is 1.37. The van der Waals surface area contributed by atoms with Gasteiger partial charge in [-0.2, -0.15) is 0 Å². The van der Waals surface area contributed by atoms with Crippen molar-refractivity contribution in [3.8, 4) is 0 Å². The molecule has 0 aromatic rings. The zero-order chi connectivity index (χ0) is 9.78. The smallest absolute Gasteiger partial charge is 1.00 e. The van der Waals surface area contributed by atoms with Crippen molar-refractivity contribution in [3.05, 3.63) is 0 Å². The van der Waals surface area contributed by atoms with Gasteiger partial charge in [0.25, 0.3) is 0 Å². The first-order chi connectivity index (χ1) is 6.41. The average Bonchev–Trinajstić information content (AvgIpc) is 2.16. The van der Waals surface area contributed by atoms with Gasteiger partial charge in [-0.25, -0.2) is 0 Å². The minimum absolute atomic E-state index is 0. The van der Waals surface area contributed by atoms with E-state index in [4.69, 9.17) is 17.1 Å². The molecule has 0 aromatic carbocycles. The van der Waals surface area contributed by atoms with E-state index in [-0.39, 0.29) is 31.0 Å². The van der Waals surface area contributed by atoms with Crippen molar-refractivity contribution in [3.63, 3.8) is 0 Å². The van der Waals surface area contributed by atoms with Gasteiger partial charge in [0.05, 0.1) is 13.2 Å². The van der Waals surface area contributed by atoms with Crippen LogP contribution in [0.25, 0.3) is 0 Å². The summed E-state index contributed by atoms with van der Waals surface area (Å²) >= 11 is -0.805. The summed E-state index contributed by atoms with van der Waals surface area (Å²) in [6, 6.07) is 0. The van der Waals surface area contributed by atoms with Crippen LogP contribution in [0.3, 0.4) is 0 Å². The van der Waals surface area contributed by atoms with Crippen LogP contribution in [0.5, 0.6) is 0 Å². The number of ether oxygens (including phenoxy) is 2. The van der Waals surface area contributed by atoms with Crippen LogP contribution in [0.1, 0.15) is 15.3 Å². The molecular weight excluding hydrogens is 210 g/mol. The summed E-state index contributed by atoms with van der Waals surface area (Å²) < 4.78 is 20.7. The van der Waals surface area contributed by atoms with Gasteiger partial charge < -0.3 is 18.5 Å². The number of hydrogen-bond acceptors (Lipinski definition) is 4. The van der Waals surface area contributed by atoms with E-state index in [9.17, 15) is 0 Å². The summed E-state index contributed by atoms with van der Waals surface area (Å²) in [4.78, 5) is 0. The number of hydrogen-bond donors (Lipinski definition) is 0. The third-order valence-corrected chi connectivity index (χ3v) is 2.23. The zero-order valence-corrected chi connectivity index (χ0v) is 13.0. The molecule has 0 aliphatic carbocycles. The Labute approximate surface area is 117 Å². The van der Waals surface area contributed by atoms with Crippen molar-refractivity contribution in [2.75, 3.05) is 39.6 Å². The predicted molar refractivity (Wildman–Crippen MR) is 53.2 cm³/mol. The quantitative estimate of drug-likeness (QED) is 0.306. The molecule has 0 unspecified atom stereocenters. The summed E-state index contributed by atoms with van der Waals surface area (Å²) in [6.07, 6.45) is 0. The standard InChI is InChI=1S/2C4H9O2.Al.Na.2H/c2*1-2-6-4-3-5;;;;/h2*2-4H2,1H3;;;;/q2*-1;+2;+1;;-1. The third kappa shape index (κ3) is 15.8. The Morgan fingerprint density at radius 1 is 0.857 bits per heavy atom. The fourth-order valence-corrected chi connectivity index (χ4v) is 1.29. The molecule has 0 N–H and O–H groups in total. The van der Waals surface area contributed by atoms with Crippen LogP contribution in [-0.2, 0) is 17.1 Å². The molecule has 14 heavy (non-hydrogen) atoms. The van der Waals surface area contributed by atoms with Crippen molar-refractivity contribution in [1.29, 1.82) is 0 Å². The van der Waals surface area contributed by atoms with Crippen molar-refractivity contribution < 1.29 is 48.0 Å². The SMILES string of the molecule is CCOCC[O][AlH][O]CCOCC.[H-].[Na+]. The second-order valence-electron chi connectivity index (χ2n) is 2.33. The minimum atomic E-state index is -0.805. The molecule has 6 heteroatoms. The summed E-state index contributed by atoms with van der Waals surface area (Å²) in [6.45, 7) is 8.05. The maximum absolute atomic E-state index is 5.25. The van der Waals surface area contributed by atoms with Crippen LogP contribution < -0.4 is 29.6 Å². The first-order valence-corrected chi connectivity index (χ1v) is 5.88. The van der Waals surface area contributed by atoms with Gasteiger partial charge in [-0.15, -0.1) is 0 Å². The van der Waals surface area contributed by atoms with Crippen LogP contribution in [0.2, 0.25) is 0 Å². The van der Waals surface area contributed by atoms with Gasteiger partial charge in [0.15, 0.2) is 0 Å². The van der Waals surface area contributed by atoms with Crippen LogP contribution >= 0.6 is 0 Å². The van der Waals surface area contributed by atoms with Crippen LogP contribution in [0, 0.1) is 0 Å².